The van der Waals surface area contributed by atoms with Crippen LogP contribution in [0.2, 0.25) is 0 Å². The van der Waals surface area contributed by atoms with Crippen LogP contribution in [0.15, 0.2) is 194 Å². The van der Waals surface area contributed by atoms with Gasteiger partial charge in [0.15, 0.2) is 8.07 Å². The van der Waals surface area contributed by atoms with Crippen molar-refractivity contribution in [3.05, 3.63) is 194 Å². The molecule has 0 fully saturated rings. The number of rotatable bonds is 5. The second-order valence-corrected chi connectivity index (χ2v) is 16.4. The molecule has 248 valence electrons. The highest BCUT2D eigenvalue weighted by Gasteiger charge is 2.45. The quantitative estimate of drug-likeness (QED) is 0.137. The van der Waals surface area contributed by atoms with Gasteiger partial charge in [0, 0.05) is 33.3 Å². The third-order valence-corrected chi connectivity index (χ3v) is 14.5. The van der Waals surface area contributed by atoms with Crippen LogP contribution in [0.5, 0.6) is 17.2 Å². The molecule has 0 aliphatic carbocycles. The molecular formula is C48H32BNO2Si. The number of nitrogens with zero attached hydrogens (tertiary/aromatic N) is 1. The number of fused-ring (bicyclic) bond motifs is 7. The number of benzene rings is 8. The minimum absolute atomic E-state index is 0.139. The fraction of sp³-hybridized carbons (Fsp3) is 0. The molecule has 0 radical (unpaired) electrons. The molecule has 0 amide bonds. The fourth-order valence-corrected chi connectivity index (χ4v) is 12.2. The van der Waals surface area contributed by atoms with Gasteiger partial charge in [-0.2, -0.15) is 0 Å². The Morgan fingerprint density at radius 2 is 1.06 bits per heavy atom. The van der Waals surface area contributed by atoms with Gasteiger partial charge in [-0.3, -0.25) is 0 Å². The SMILES string of the molecule is [2H]c1c([2H])c([2H])c2c(c1[2H])OB1c3c([2H])c([2H])c([Si](c4ccccc4)(c4ccccc4)c4ccccc4)c([2H])c3Oc3c([2H])c(-n4c5c([2H])c([2H])c([2H])c([2H])c5c5c([2H])c([2H])c([2H])c([2H])c54)c([2H])c-2c31. The lowest BCUT2D eigenvalue weighted by Crippen LogP contribution is -2.75. The predicted molar refractivity (Wildman–Crippen MR) is 222 cm³/mol. The van der Waals surface area contributed by atoms with E-state index in [1.807, 2.05) is 91.0 Å². The van der Waals surface area contributed by atoms with Gasteiger partial charge in [-0.1, -0.05) is 157 Å². The first-order valence-corrected chi connectivity index (χ1v) is 18.8. The molecule has 53 heavy (non-hydrogen) atoms. The van der Waals surface area contributed by atoms with Crippen LogP contribution in [-0.4, -0.2) is 19.6 Å². The van der Waals surface area contributed by atoms with Crippen LogP contribution in [0.3, 0.4) is 0 Å². The topological polar surface area (TPSA) is 23.4 Å². The first-order valence-electron chi connectivity index (χ1n) is 25.3. The molecule has 8 aromatic carbocycles. The molecule has 11 rings (SSSR count). The van der Waals surface area contributed by atoms with Crippen molar-refractivity contribution in [2.24, 2.45) is 0 Å². The Balaban J connectivity index is 1.33. The van der Waals surface area contributed by atoms with E-state index in [2.05, 4.69) is 0 Å². The maximum atomic E-state index is 10.3. The Bertz CT molecular complexity index is 3650. The highest BCUT2D eigenvalue weighted by Crippen LogP contribution is 2.41. The summed E-state index contributed by atoms with van der Waals surface area (Å²) in [7, 11) is -3.81. The molecule has 0 saturated carbocycles. The molecule has 0 bridgehead atoms. The summed E-state index contributed by atoms with van der Waals surface area (Å²) in [5, 5.41) is 1.74. The van der Waals surface area contributed by atoms with Crippen molar-refractivity contribution in [1.29, 1.82) is 0 Å². The summed E-state index contributed by atoms with van der Waals surface area (Å²) in [4.78, 5) is 0. The minimum atomic E-state index is -3.81. The van der Waals surface area contributed by atoms with E-state index >= 15 is 0 Å². The summed E-state index contributed by atoms with van der Waals surface area (Å²) in [6.45, 7) is -1.63. The third-order valence-electron chi connectivity index (χ3n) is 9.91. The van der Waals surface area contributed by atoms with Crippen molar-refractivity contribution in [1.82, 2.24) is 4.57 Å². The van der Waals surface area contributed by atoms with Gasteiger partial charge in [-0.15, -0.1) is 0 Å². The summed E-state index contributed by atoms with van der Waals surface area (Å²) in [5.74, 6) is -1.23. The van der Waals surface area contributed by atoms with E-state index in [-0.39, 0.29) is 55.8 Å². The van der Waals surface area contributed by atoms with E-state index in [1.54, 1.807) is 0 Å². The monoisotopic (exact) mass is 710 g/mol. The predicted octanol–water partition coefficient (Wildman–Crippen LogP) is 7.43. The summed E-state index contributed by atoms with van der Waals surface area (Å²) in [5.41, 5.74) is -2.40. The maximum Gasteiger partial charge on any atom is 0.434 e. The number of aromatic nitrogens is 1. The van der Waals surface area contributed by atoms with Crippen molar-refractivity contribution < 1.29 is 32.7 Å². The molecule has 5 heteroatoms. The lowest BCUT2D eigenvalue weighted by atomic mass is 9.51. The Labute approximate surface area is 333 Å². The Kier molecular flexibility index (Phi) is 3.94. The van der Waals surface area contributed by atoms with Gasteiger partial charge in [0.2, 0.25) is 0 Å². The smallest absolute Gasteiger partial charge is 0.434 e. The summed E-state index contributed by atoms with van der Waals surface area (Å²) >= 11 is 0. The molecule has 9 aromatic rings. The molecular weight excluding hydrogens is 661 g/mol. The molecule has 3 heterocycles. The van der Waals surface area contributed by atoms with Gasteiger partial charge >= 0.3 is 6.92 Å². The maximum absolute atomic E-state index is 10.3. The van der Waals surface area contributed by atoms with Crippen molar-refractivity contribution in [2.75, 3.05) is 0 Å². The number of ether oxygens (including phenoxy) is 1. The standard InChI is InChI=1S/C48H32BNO2Si/c1-4-16-34(17-5-1)53(35-18-6-2-7-19-35,36-20-8-3-9-21-36)37-28-29-42-46(32-37)51-47-31-33(30-41-40-24-12-15-27-45(40)52-49(42)48(41)47)50-43-25-13-10-22-38(43)39-23-11-14-26-44(39)50/h1-32H/i10D,11D,12D,13D,14D,15D,22D,23D,24D,25D,26D,27D,28D,29D,30D,31D,32D. The first-order chi connectivity index (χ1) is 33.4. The zero-order valence-corrected chi connectivity index (χ0v) is 28.5. The van der Waals surface area contributed by atoms with Crippen molar-refractivity contribution in [3.8, 4) is 34.1 Å². The normalized spacial score (nSPS) is 17.3. The van der Waals surface area contributed by atoms with E-state index in [0.717, 1.165) is 20.1 Å². The Morgan fingerprint density at radius 1 is 0.491 bits per heavy atom. The zero-order valence-electron chi connectivity index (χ0n) is 44.5. The van der Waals surface area contributed by atoms with E-state index in [4.69, 9.17) is 21.7 Å². The van der Waals surface area contributed by atoms with Crippen LogP contribution in [0.1, 0.15) is 23.3 Å². The van der Waals surface area contributed by atoms with Gasteiger partial charge in [-0.05, 0) is 56.5 Å². The molecule has 0 spiro atoms. The average molecular weight is 711 g/mol. The highest BCUT2D eigenvalue weighted by atomic mass is 28.3. The average Bonchev–Trinajstić information content (AvgIpc) is 3.73. The second-order valence-electron chi connectivity index (χ2n) is 12.6. The fourth-order valence-electron chi connectivity index (χ4n) is 7.69. The van der Waals surface area contributed by atoms with Crippen LogP contribution < -0.4 is 41.1 Å². The number of hydrogen-bond donors (Lipinski definition) is 0. The number of para-hydroxylation sites is 3. The van der Waals surface area contributed by atoms with E-state index in [9.17, 15) is 11.0 Å². The third kappa shape index (κ3) is 4.41. The molecule has 0 atom stereocenters. The van der Waals surface area contributed by atoms with Crippen molar-refractivity contribution >= 4 is 68.5 Å². The zero-order chi connectivity index (χ0) is 49.7. The molecule has 0 unspecified atom stereocenters. The van der Waals surface area contributed by atoms with Crippen molar-refractivity contribution in [3.63, 3.8) is 0 Å². The largest absolute Gasteiger partial charge is 0.551 e. The summed E-state index contributed by atoms with van der Waals surface area (Å²) in [6.07, 6.45) is 0. The lowest BCUT2D eigenvalue weighted by molar-refractivity contribution is 0.479. The molecule has 0 N–H and O–H groups in total. The first kappa shape index (κ1) is 17.8. The molecule has 3 nitrogen and oxygen atoms in total. The van der Waals surface area contributed by atoms with Crippen molar-refractivity contribution in [2.45, 2.75) is 0 Å². The lowest BCUT2D eigenvalue weighted by Gasteiger charge is -2.37. The molecule has 1 aromatic heterocycles. The minimum Gasteiger partial charge on any atom is -0.551 e. The van der Waals surface area contributed by atoms with Crippen LogP contribution in [0.4, 0.5) is 0 Å². The van der Waals surface area contributed by atoms with Crippen LogP contribution in [-0.2, 0) is 0 Å². The number of hydrogen-bond acceptors (Lipinski definition) is 2. The summed E-state index contributed by atoms with van der Waals surface area (Å²) in [6, 6.07) is 17.1. The van der Waals surface area contributed by atoms with Crippen LogP contribution in [0.25, 0.3) is 38.6 Å². The molecule has 0 saturated heterocycles. The van der Waals surface area contributed by atoms with Gasteiger partial charge < -0.3 is 14.0 Å². The molecule has 2 aliphatic heterocycles. The van der Waals surface area contributed by atoms with Gasteiger partial charge in [0.1, 0.15) is 17.2 Å². The summed E-state index contributed by atoms with van der Waals surface area (Å²) < 4.78 is 171. The molecule has 2 aliphatic rings. The second kappa shape index (κ2) is 11.7. The van der Waals surface area contributed by atoms with Gasteiger partial charge in [-0.25, -0.2) is 0 Å². The van der Waals surface area contributed by atoms with Gasteiger partial charge in [0.05, 0.1) is 40.0 Å². The van der Waals surface area contributed by atoms with E-state index < -0.39 is 134 Å². The Hall–Kier alpha value is -6.56. The highest BCUT2D eigenvalue weighted by molar-refractivity contribution is 7.20. The van der Waals surface area contributed by atoms with Gasteiger partial charge in [0.25, 0.3) is 0 Å². The van der Waals surface area contributed by atoms with E-state index in [1.165, 1.54) is 0 Å². The van der Waals surface area contributed by atoms with Crippen LogP contribution >= 0.6 is 0 Å². The van der Waals surface area contributed by atoms with E-state index in [0.29, 0.717) is 0 Å². The van der Waals surface area contributed by atoms with Crippen LogP contribution in [0, 0.1) is 0 Å². The Morgan fingerprint density at radius 3 is 1.68 bits per heavy atom.